The van der Waals surface area contributed by atoms with Gasteiger partial charge in [0.1, 0.15) is 17.1 Å². The molecule has 1 aromatic heterocycles. The molecule has 1 atom stereocenters. The van der Waals surface area contributed by atoms with E-state index in [1.54, 1.807) is 14.2 Å². The lowest BCUT2D eigenvalue weighted by molar-refractivity contribution is -0.133. The predicted octanol–water partition coefficient (Wildman–Crippen LogP) is 3.33. The van der Waals surface area contributed by atoms with Gasteiger partial charge < -0.3 is 14.2 Å². The second kappa shape index (κ2) is 6.78. The molecule has 0 unspecified atom stereocenters. The van der Waals surface area contributed by atoms with Gasteiger partial charge in [0.05, 0.1) is 19.9 Å². The smallest absolute Gasteiger partial charge is 0.258 e. The van der Waals surface area contributed by atoms with Crippen molar-refractivity contribution in [2.24, 2.45) is 0 Å². The molecule has 1 aromatic carbocycles. The van der Waals surface area contributed by atoms with Crippen molar-refractivity contribution in [2.45, 2.75) is 25.4 Å². The van der Waals surface area contributed by atoms with E-state index in [-0.39, 0.29) is 5.91 Å². The number of rotatable bonds is 5. The lowest BCUT2D eigenvalue weighted by Gasteiger charge is -2.20. The van der Waals surface area contributed by atoms with Crippen molar-refractivity contribution in [2.75, 3.05) is 26.1 Å². The average molecular weight is 348 g/mol. The molecule has 1 saturated heterocycles. The highest BCUT2D eigenvalue weighted by atomic mass is 32.1. The molecule has 3 rings (SSSR count). The van der Waals surface area contributed by atoms with Gasteiger partial charge in [-0.25, -0.2) is 4.98 Å². The van der Waals surface area contributed by atoms with Crippen molar-refractivity contribution in [3.63, 3.8) is 0 Å². The largest absolute Gasteiger partial charge is 0.497 e. The Balaban J connectivity index is 1.82. The van der Waals surface area contributed by atoms with Crippen LogP contribution in [0.1, 0.15) is 19.8 Å². The number of methoxy groups -OCH3 is 2. The lowest BCUT2D eigenvalue weighted by Crippen LogP contribution is -2.39. The molecule has 7 heteroatoms. The fourth-order valence-electron chi connectivity index (χ4n) is 2.66. The average Bonchev–Trinajstić information content (AvgIpc) is 3.24. The van der Waals surface area contributed by atoms with Gasteiger partial charge in [-0.05, 0) is 38.0 Å². The Morgan fingerprint density at radius 2 is 2.21 bits per heavy atom. The second-order valence-corrected chi connectivity index (χ2v) is 6.60. The molecule has 128 valence electrons. The fraction of sp³-hybridized carbons (Fsp3) is 0.412. The third-order valence-corrected chi connectivity index (χ3v) is 4.86. The number of hydrogen-bond acceptors (Lipinski definition) is 6. The molecular formula is C17H20N2O4S. The van der Waals surface area contributed by atoms with E-state index in [0.29, 0.717) is 17.5 Å². The Morgan fingerprint density at radius 3 is 2.88 bits per heavy atom. The Labute approximate surface area is 144 Å². The molecule has 2 heterocycles. The first kappa shape index (κ1) is 16.7. The molecule has 1 fully saturated rings. The van der Waals surface area contributed by atoms with Gasteiger partial charge >= 0.3 is 0 Å². The SMILES string of the molecule is COc1ccc(OC)c(-c2csc(NC(=O)[C@]3(C)CCCO3)n2)c1. The molecule has 0 saturated carbocycles. The number of amides is 1. The highest BCUT2D eigenvalue weighted by molar-refractivity contribution is 7.14. The molecule has 0 radical (unpaired) electrons. The van der Waals surface area contributed by atoms with Crippen LogP contribution in [0.25, 0.3) is 11.3 Å². The van der Waals surface area contributed by atoms with E-state index in [4.69, 9.17) is 14.2 Å². The number of carbonyl (C=O) groups excluding carboxylic acids is 1. The minimum Gasteiger partial charge on any atom is -0.497 e. The molecule has 1 aliphatic rings. The maximum absolute atomic E-state index is 12.4. The summed E-state index contributed by atoms with van der Waals surface area (Å²) in [6.45, 7) is 2.43. The van der Waals surface area contributed by atoms with E-state index in [9.17, 15) is 4.79 Å². The highest BCUT2D eigenvalue weighted by Crippen LogP contribution is 2.35. The molecule has 0 bridgehead atoms. The summed E-state index contributed by atoms with van der Waals surface area (Å²) in [6, 6.07) is 5.52. The van der Waals surface area contributed by atoms with Gasteiger partial charge in [0.15, 0.2) is 5.13 Å². The summed E-state index contributed by atoms with van der Waals surface area (Å²) < 4.78 is 16.2. The molecule has 2 aromatic rings. The number of aromatic nitrogens is 1. The number of benzene rings is 1. The zero-order valence-electron chi connectivity index (χ0n) is 13.9. The second-order valence-electron chi connectivity index (χ2n) is 5.74. The zero-order chi connectivity index (χ0) is 17.2. The zero-order valence-corrected chi connectivity index (χ0v) is 14.7. The maximum atomic E-state index is 12.4. The number of carbonyl (C=O) groups is 1. The summed E-state index contributed by atoms with van der Waals surface area (Å²) >= 11 is 1.37. The number of nitrogens with zero attached hydrogens (tertiary/aromatic N) is 1. The maximum Gasteiger partial charge on any atom is 0.258 e. The van der Waals surface area contributed by atoms with Gasteiger partial charge in [-0.15, -0.1) is 11.3 Å². The minimum atomic E-state index is -0.764. The molecule has 24 heavy (non-hydrogen) atoms. The number of hydrogen-bond donors (Lipinski definition) is 1. The van der Waals surface area contributed by atoms with E-state index in [2.05, 4.69) is 10.3 Å². The van der Waals surface area contributed by atoms with Crippen molar-refractivity contribution in [1.29, 1.82) is 0 Å². The van der Waals surface area contributed by atoms with Crippen LogP contribution in [0.4, 0.5) is 5.13 Å². The number of ether oxygens (including phenoxy) is 3. The van der Waals surface area contributed by atoms with Gasteiger partial charge in [0.25, 0.3) is 5.91 Å². The molecule has 0 spiro atoms. The van der Waals surface area contributed by atoms with E-state index in [0.717, 1.165) is 29.8 Å². The van der Waals surface area contributed by atoms with Gasteiger partial charge in [-0.3, -0.25) is 10.1 Å². The molecule has 6 nitrogen and oxygen atoms in total. The third kappa shape index (κ3) is 3.22. The predicted molar refractivity (Wildman–Crippen MR) is 92.9 cm³/mol. The van der Waals surface area contributed by atoms with Crippen LogP contribution in [0.2, 0.25) is 0 Å². The first-order chi connectivity index (χ1) is 11.6. The van der Waals surface area contributed by atoms with Crippen molar-refractivity contribution < 1.29 is 19.0 Å². The van der Waals surface area contributed by atoms with Gasteiger partial charge in [0, 0.05) is 17.6 Å². The van der Waals surface area contributed by atoms with Crippen LogP contribution in [0.15, 0.2) is 23.6 Å². The van der Waals surface area contributed by atoms with Crippen molar-refractivity contribution in [3.8, 4) is 22.8 Å². The van der Waals surface area contributed by atoms with Crippen LogP contribution in [0, 0.1) is 0 Å². The fourth-order valence-corrected chi connectivity index (χ4v) is 3.36. The minimum absolute atomic E-state index is 0.154. The Morgan fingerprint density at radius 1 is 1.38 bits per heavy atom. The molecule has 1 N–H and O–H groups in total. The van der Waals surface area contributed by atoms with Crippen LogP contribution in [0.5, 0.6) is 11.5 Å². The lowest BCUT2D eigenvalue weighted by atomic mass is 10.0. The van der Waals surface area contributed by atoms with E-state index in [1.807, 2.05) is 30.5 Å². The van der Waals surface area contributed by atoms with E-state index >= 15 is 0 Å². The van der Waals surface area contributed by atoms with Gasteiger partial charge in [-0.1, -0.05) is 0 Å². The summed E-state index contributed by atoms with van der Waals surface area (Å²) in [5.41, 5.74) is 0.778. The van der Waals surface area contributed by atoms with Crippen LogP contribution in [-0.2, 0) is 9.53 Å². The topological polar surface area (TPSA) is 69.7 Å². The third-order valence-electron chi connectivity index (χ3n) is 4.11. The molecule has 1 aliphatic heterocycles. The van der Waals surface area contributed by atoms with Gasteiger partial charge in [0.2, 0.25) is 0 Å². The Hall–Kier alpha value is -2.12. The number of thiazole rings is 1. The Kier molecular flexibility index (Phi) is 4.73. The standard InChI is InChI=1S/C17H20N2O4S/c1-17(7-4-8-23-17)15(20)19-16-18-13(10-24-16)12-9-11(21-2)5-6-14(12)22-3/h5-6,9-10H,4,7-8H2,1-3H3,(H,18,19,20)/t17-/m0/s1. The summed E-state index contributed by atoms with van der Waals surface area (Å²) in [5, 5.41) is 5.27. The van der Waals surface area contributed by atoms with Crippen LogP contribution in [0.3, 0.4) is 0 Å². The Bertz CT molecular complexity index is 738. The first-order valence-electron chi connectivity index (χ1n) is 7.69. The van der Waals surface area contributed by atoms with Crippen LogP contribution < -0.4 is 14.8 Å². The molecule has 0 aliphatic carbocycles. The van der Waals surface area contributed by atoms with E-state index in [1.165, 1.54) is 11.3 Å². The first-order valence-corrected chi connectivity index (χ1v) is 8.57. The summed E-state index contributed by atoms with van der Waals surface area (Å²) in [7, 11) is 3.22. The summed E-state index contributed by atoms with van der Waals surface area (Å²) in [5.74, 6) is 1.26. The van der Waals surface area contributed by atoms with Crippen molar-refractivity contribution >= 4 is 22.4 Å². The van der Waals surface area contributed by atoms with Crippen molar-refractivity contribution in [1.82, 2.24) is 4.98 Å². The van der Waals surface area contributed by atoms with Crippen LogP contribution in [-0.4, -0.2) is 37.3 Å². The van der Waals surface area contributed by atoms with Gasteiger partial charge in [-0.2, -0.15) is 0 Å². The van der Waals surface area contributed by atoms with Crippen LogP contribution >= 0.6 is 11.3 Å². The molecular weight excluding hydrogens is 328 g/mol. The summed E-state index contributed by atoms with van der Waals surface area (Å²) in [6.07, 6.45) is 1.62. The number of nitrogens with one attached hydrogen (secondary N) is 1. The quantitative estimate of drug-likeness (QED) is 0.897. The summed E-state index contributed by atoms with van der Waals surface area (Å²) in [4.78, 5) is 16.9. The highest BCUT2D eigenvalue weighted by Gasteiger charge is 2.38. The van der Waals surface area contributed by atoms with Crippen molar-refractivity contribution in [3.05, 3.63) is 23.6 Å². The monoisotopic (exact) mass is 348 g/mol. The van der Waals surface area contributed by atoms with E-state index < -0.39 is 5.60 Å². The molecule has 1 amide bonds. The normalized spacial score (nSPS) is 20.0. The number of anilines is 1.